The van der Waals surface area contributed by atoms with E-state index in [4.69, 9.17) is 0 Å². The molecule has 0 radical (unpaired) electrons. The van der Waals surface area contributed by atoms with Gasteiger partial charge in [-0.05, 0) is 40.9 Å². The molecule has 0 aliphatic rings. The Hall–Kier alpha value is -2.20. The van der Waals surface area contributed by atoms with Gasteiger partial charge in [-0.25, -0.2) is 0 Å². The standard InChI is InChI=1S/C16H14N2OS/c1-11-9-16(20-18-11)17-15(19)10-13-7-4-6-12-5-2-3-8-14(12)13/h2-9H,10H2,1H3,(H,17,19). The van der Waals surface area contributed by atoms with Gasteiger partial charge in [0.2, 0.25) is 5.91 Å². The van der Waals surface area contributed by atoms with E-state index in [9.17, 15) is 4.79 Å². The molecule has 0 unspecified atom stereocenters. The van der Waals surface area contributed by atoms with Gasteiger partial charge in [-0.15, -0.1) is 0 Å². The summed E-state index contributed by atoms with van der Waals surface area (Å²) in [6.07, 6.45) is 0.373. The first-order valence-corrected chi connectivity index (χ1v) is 7.19. The number of aryl methyl sites for hydroxylation is 1. The lowest BCUT2D eigenvalue weighted by Crippen LogP contribution is -2.13. The Morgan fingerprint density at radius 1 is 1.20 bits per heavy atom. The molecule has 0 saturated heterocycles. The average Bonchev–Trinajstić information content (AvgIpc) is 2.84. The molecule has 100 valence electrons. The molecule has 0 fully saturated rings. The molecule has 4 heteroatoms. The summed E-state index contributed by atoms with van der Waals surface area (Å²) in [4.78, 5) is 12.1. The summed E-state index contributed by atoms with van der Waals surface area (Å²) in [7, 11) is 0. The smallest absolute Gasteiger partial charge is 0.229 e. The molecular weight excluding hydrogens is 268 g/mol. The van der Waals surface area contributed by atoms with Crippen LogP contribution in [0.4, 0.5) is 5.00 Å². The minimum absolute atomic E-state index is 0.00926. The minimum atomic E-state index is -0.00926. The van der Waals surface area contributed by atoms with E-state index in [1.54, 1.807) is 0 Å². The fourth-order valence-corrected chi connectivity index (χ4v) is 2.90. The van der Waals surface area contributed by atoms with Gasteiger partial charge in [0.05, 0.1) is 12.1 Å². The van der Waals surface area contributed by atoms with Gasteiger partial charge in [-0.1, -0.05) is 42.5 Å². The van der Waals surface area contributed by atoms with E-state index in [-0.39, 0.29) is 5.91 Å². The zero-order valence-corrected chi connectivity index (χ0v) is 11.9. The number of hydrogen-bond acceptors (Lipinski definition) is 3. The first kappa shape index (κ1) is 12.8. The number of nitrogens with one attached hydrogen (secondary N) is 1. The summed E-state index contributed by atoms with van der Waals surface area (Å²) < 4.78 is 4.15. The molecule has 0 spiro atoms. The summed E-state index contributed by atoms with van der Waals surface area (Å²) in [5.41, 5.74) is 1.97. The summed E-state index contributed by atoms with van der Waals surface area (Å²) in [5.74, 6) is -0.00926. The third kappa shape index (κ3) is 2.70. The van der Waals surface area contributed by atoms with Gasteiger partial charge in [0, 0.05) is 0 Å². The number of carbonyl (C=O) groups excluding carboxylic acids is 1. The van der Waals surface area contributed by atoms with Crippen LogP contribution < -0.4 is 5.32 Å². The summed E-state index contributed by atoms with van der Waals surface area (Å²) >= 11 is 1.31. The molecule has 3 rings (SSSR count). The van der Waals surface area contributed by atoms with Gasteiger partial charge in [-0.3, -0.25) is 4.79 Å². The van der Waals surface area contributed by atoms with Crippen molar-refractivity contribution in [2.75, 3.05) is 5.32 Å². The lowest BCUT2D eigenvalue weighted by Gasteiger charge is -2.06. The van der Waals surface area contributed by atoms with Gasteiger partial charge >= 0.3 is 0 Å². The van der Waals surface area contributed by atoms with E-state index in [0.29, 0.717) is 6.42 Å². The molecule has 1 N–H and O–H groups in total. The molecule has 0 atom stereocenters. The summed E-state index contributed by atoms with van der Waals surface area (Å²) in [5, 5.41) is 5.98. The third-order valence-electron chi connectivity index (χ3n) is 3.12. The molecule has 0 bridgehead atoms. The quantitative estimate of drug-likeness (QED) is 0.794. The molecule has 0 aliphatic carbocycles. The second kappa shape index (κ2) is 5.43. The maximum Gasteiger partial charge on any atom is 0.229 e. The van der Waals surface area contributed by atoms with E-state index < -0.39 is 0 Å². The van der Waals surface area contributed by atoms with Crippen LogP contribution in [0.5, 0.6) is 0 Å². The van der Waals surface area contributed by atoms with Crippen LogP contribution in [0.1, 0.15) is 11.3 Å². The van der Waals surface area contributed by atoms with Crippen molar-refractivity contribution in [2.24, 2.45) is 0 Å². The lowest BCUT2D eigenvalue weighted by molar-refractivity contribution is -0.115. The Labute approximate surface area is 121 Å². The minimum Gasteiger partial charge on any atom is -0.316 e. The fourth-order valence-electron chi connectivity index (χ4n) is 2.22. The van der Waals surface area contributed by atoms with E-state index in [1.807, 2.05) is 37.3 Å². The van der Waals surface area contributed by atoms with Crippen LogP contribution in [-0.2, 0) is 11.2 Å². The summed E-state index contributed by atoms with van der Waals surface area (Å²) in [6.45, 7) is 1.91. The topological polar surface area (TPSA) is 42.0 Å². The van der Waals surface area contributed by atoms with Gasteiger partial charge in [0.1, 0.15) is 5.00 Å². The molecule has 20 heavy (non-hydrogen) atoms. The molecule has 1 amide bonds. The van der Waals surface area contributed by atoms with Crippen LogP contribution in [-0.4, -0.2) is 10.3 Å². The highest BCUT2D eigenvalue weighted by Gasteiger charge is 2.08. The number of hydrogen-bond donors (Lipinski definition) is 1. The Balaban J connectivity index is 1.81. The monoisotopic (exact) mass is 282 g/mol. The van der Waals surface area contributed by atoms with Crippen LogP contribution in [0.2, 0.25) is 0 Å². The van der Waals surface area contributed by atoms with Crippen molar-refractivity contribution in [2.45, 2.75) is 13.3 Å². The number of rotatable bonds is 3. The van der Waals surface area contributed by atoms with Crippen molar-refractivity contribution in [3.05, 3.63) is 59.8 Å². The van der Waals surface area contributed by atoms with Crippen LogP contribution >= 0.6 is 11.5 Å². The zero-order valence-electron chi connectivity index (χ0n) is 11.1. The molecule has 0 aliphatic heterocycles. The Kier molecular flexibility index (Phi) is 3.48. The number of benzene rings is 2. The molecule has 0 saturated carbocycles. The van der Waals surface area contributed by atoms with E-state index in [0.717, 1.165) is 27.0 Å². The maximum atomic E-state index is 12.1. The number of aromatic nitrogens is 1. The van der Waals surface area contributed by atoms with Crippen molar-refractivity contribution in [1.82, 2.24) is 4.37 Å². The van der Waals surface area contributed by atoms with Gasteiger partial charge in [-0.2, -0.15) is 4.37 Å². The van der Waals surface area contributed by atoms with Crippen LogP contribution in [0.3, 0.4) is 0 Å². The van der Waals surface area contributed by atoms with Gasteiger partial charge in [0.25, 0.3) is 0 Å². The number of nitrogens with zero attached hydrogens (tertiary/aromatic N) is 1. The third-order valence-corrected chi connectivity index (χ3v) is 3.92. The average molecular weight is 282 g/mol. The van der Waals surface area contributed by atoms with Gasteiger partial charge in [0.15, 0.2) is 0 Å². The zero-order chi connectivity index (χ0) is 13.9. The van der Waals surface area contributed by atoms with E-state index in [2.05, 4.69) is 27.9 Å². The molecular formula is C16H14N2OS. The lowest BCUT2D eigenvalue weighted by atomic mass is 10.0. The predicted molar refractivity (Wildman–Crippen MR) is 83.1 cm³/mol. The number of amides is 1. The molecule has 3 aromatic rings. The normalized spacial score (nSPS) is 10.7. The molecule has 1 aromatic heterocycles. The van der Waals surface area contributed by atoms with Gasteiger partial charge < -0.3 is 5.32 Å². The number of fused-ring (bicyclic) bond motifs is 1. The first-order valence-electron chi connectivity index (χ1n) is 6.42. The fraction of sp³-hybridized carbons (Fsp3) is 0.125. The first-order chi connectivity index (χ1) is 9.72. The predicted octanol–water partition coefficient (Wildman–Crippen LogP) is 3.79. The van der Waals surface area contributed by atoms with Crippen LogP contribution in [0, 0.1) is 6.92 Å². The molecule has 2 aromatic carbocycles. The SMILES string of the molecule is Cc1cc(NC(=O)Cc2cccc3ccccc23)sn1. The van der Waals surface area contributed by atoms with Crippen LogP contribution in [0.15, 0.2) is 48.5 Å². The Morgan fingerprint density at radius 2 is 2.00 bits per heavy atom. The maximum absolute atomic E-state index is 12.1. The number of anilines is 1. The Morgan fingerprint density at radius 3 is 2.80 bits per heavy atom. The number of carbonyl (C=O) groups is 1. The largest absolute Gasteiger partial charge is 0.316 e. The van der Waals surface area contributed by atoms with Crippen molar-refractivity contribution in [3.8, 4) is 0 Å². The Bertz CT molecular complexity index is 759. The second-order valence-corrected chi connectivity index (χ2v) is 5.50. The van der Waals surface area contributed by atoms with Crippen molar-refractivity contribution >= 4 is 33.2 Å². The highest BCUT2D eigenvalue weighted by molar-refractivity contribution is 7.10. The highest BCUT2D eigenvalue weighted by Crippen LogP contribution is 2.20. The second-order valence-electron chi connectivity index (χ2n) is 4.70. The highest BCUT2D eigenvalue weighted by atomic mass is 32.1. The molecule has 3 nitrogen and oxygen atoms in total. The van der Waals surface area contributed by atoms with Crippen LogP contribution in [0.25, 0.3) is 10.8 Å². The van der Waals surface area contributed by atoms with Crippen molar-refractivity contribution in [1.29, 1.82) is 0 Å². The van der Waals surface area contributed by atoms with E-state index >= 15 is 0 Å². The van der Waals surface area contributed by atoms with E-state index in [1.165, 1.54) is 11.5 Å². The van der Waals surface area contributed by atoms with Crippen molar-refractivity contribution < 1.29 is 4.79 Å². The van der Waals surface area contributed by atoms with Crippen molar-refractivity contribution in [3.63, 3.8) is 0 Å². The molecule has 1 heterocycles. The summed E-state index contributed by atoms with van der Waals surface area (Å²) in [6, 6.07) is 16.0.